The number of benzene rings is 1. The number of halogens is 2. The highest BCUT2D eigenvalue weighted by Crippen LogP contribution is 2.51. The minimum absolute atomic E-state index is 0.321. The van der Waals surface area contributed by atoms with Gasteiger partial charge in [-0.25, -0.2) is 0 Å². The lowest BCUT2D eigenvalue weighted by Gasteiger charge is -2.41. The van der Waals surface area contributed by atoms with Crippen LogP contribution in [0.3, 0.4) is 0 Å². The number of methoxy groups -OCH3 is 1. The fourth-order valence-electron chi connectivity index (χ4n) is 3.14. The first-order chi connectivity index (χ1) is 8.95. The van der Waals surface area contributed by atoms with Gasteiger partial charge in [-0.15, -0.1) is 0 Å². The van der Waals surface area contributed by atoms with E-state index in [1.165, 1.54) is 31.2 Å². The predicted octanol–water partition coefficient (Wildman–Crippen LogP) is 6.00. The molecule has 1 nitrogen and oxygen atoms in total. The molecule has 19 heavy (non-hydrogen) atoms. The van der Waals surface area contributed by atoms with Gasteiger partial charge >= 0.3 is 0 Å². The van der Waals surface area contributed by atoms with Crippen molar-refractivity contribution < 1.29 is 4.74 Å². The SMILES string of the molecule is COc1ccc(C(Br)C2CCCCC2(C)C)c(Cl)c1. The van der Waals surface area contributed by atoms with Crippen LogP contribution in [0, 0.1) is 11.3 Å². The summed E-state index contributed by atoms with van der Waals surface area (Å²) in [4.78, 5) is 0.321. The lowest BCUT2D eigenvalue weighted by atomic mass is 9.67. The Hall–Kier alpha value is -0.210. The summed E-state index contributed by atoms with van der Waals surface area (Å²) in [5, 5.41) is 0.794. The molecule has 1 fully saturated rings. The maximum Gasteiger partial charge on any atom is 0.120 e. The maximum atomic E-state index is 6.41. The molecule has 0 bridgehead atoms. The molecule has 1 aromatic rings. The summed E-state index contributed by atoms with van der Waals surface area (Å²) in [6, 6.07) is 5.98. The Labute approximate surface area is 129 Å². The molecule has 0 N–H and O–H groups in total. The van der Waals surface area contributed by atoms with Crippen molar-refractivity contribution in [3.05, 3.63) is 28.8 Å². The summed E-state index contributed by atoms with van der Waals surface area (Å²) >= 11 is 10.3. The van der Waals surface area contributed by atoms with E-state index < -0.39 is 0 Å². The summed E-state index contributed by atoms with van der Waals surface area (Å²) in [5.41, 5.74) is 1.55. The molecule has 0 spiro atoms. The first-order valence-corrected chi connectivity index (χ1v) is 8.22. The van der Waals surface area contributed by atoms with E-state index >= 15 is 0 Å². The normalized spacial score (nSPS) is 23.9. The zero-order chi connectivity index (χ0) is 14.0. The van der Waals surface area contributed by atoms with E-state index in [0.717, 1.165) is 10.8 Å². The van der Waals surface area contributed by atoms with Crippen LogP contribution in [0.15, 0.2) is 18.2 Å². The second kappa shape index (κ2) is 6.05. The quantitative estimate of drug-likeness (QED) is 0.610. The fraction of sp³-hybridized carbons (Fsp3) is 0.625. The van der Waals surface area contributed by atoms with Gasteiger partial charge in [0.1, 0.15) is 5.75 Å². The van der Waals surface area contributed by atoms with Crippen LogP contribution in [0.1, 0.15) is 49.9 Å². The van der Waals surface area contributed by atoms with Gasteiger partial charge in [-0.3, -0.25) is 0 Å². The molecule has 1 aliphatic rings. The van der Waals surface area contributed by atoms with E-state index in [1.807, 2.05) is 12.1 Å². The van der Waals surface area contributed by atoms with Crippen LogP contribution < -0.4 is 4.74 Å². The molecule has 0 saturated heterocycles. The highest BCUT2D eigenvalue weighted by atomic mass is 79.9. The van der Waals surface area contributed by atoms with E-state index in [0.29, 0.717) is 16.2 Å². The van der Waals surface area contributed by atoms with Gasteiger partial charge in [-0.1, -0.05) is 60.3 Å². The van der Waals surface area contributed by atoms with Gasteiger partial charge in [0.2, 0.25) is 0 Å². The van der Waals surface area contributed by atoms with Crippen LogP contribution >= 0.6 is 27.5 Å². The number of alkyl halides is 1. The van der Waals surface area contributed by atoms with Crippen LogP contribution in [-0.2, 0) is 0 Å². The van der Waals surface area contributed by atoms with Crippen LogP contribution in [0.25, 0.3) is 0 Å². The Balaban J connectivity index is 2.25. The Morgan fingerprint density at radius 2 is 2.11 bits per heavy atom. The zero-order valence-corrected chi connectivity index (χ0v) is 14.2. The zero-order valence-electron chi connectivity index (χ0n) is 11.9. The predicted molar refractivity (Wildman–Crippen MR) is 85.4 cm³/mol. The van der Waals surface area contributed by atoms with Crippen molar-refractivity contribution >= 4 is 27.5 Å². The number of hydrogen-bond donors (Lipinski definition) is 0. The van der Waals surface area contributed by atoms with Crippen LogP contribution in [0.2, 0.25) is 5.02 Å². The Bertz CT molecular complexity index is 444. The molecule has 0 amide bonds. The molecule has 1 aliphatic carbocycles. The summed E-state index contributed by atoms with van der Waals surface area (Å²) in [6.07, 6.45) is 5.24. The second-order valence-corrected chi connectivity index (χ2v) is 7.52. The van der Waals surface area contributed by atoms with Gasteiger partial charge in [-0.2, -0.15) is 0 Å². The van der Waals surface area contributed by atoms with Crippen molar-refractivity contribution in [2.45, 2.75) is 44.4 Å². The first kappa shape index (κ1) is 15.2. The maximum absolute atomic E-state index is 6.41. The summed E-state index contributed by atoms with van der Waals surface area (Å²) in [7, 11) is 1.67. The van der Waals surface area contributed by atoms with Crippen molar-refractivity contribution in [3.63, 3.8) is 0 Å². The Morgan fingerprint density at radius 1 is 1.37 bits per heavy atom. The van der Waals surface area contributed by atoms with E-state index in [-0.39, 0.29) is 0 Å². The van der Waals surface area contributed by atoms with Crippen molar-refractivity contribution in [2.75, 3.05) is 7.11 Å². The van der Waals surface area contributed by atoms with Crippen LogP contribution in [0.5, 0.6) is 5.75 Å². The molecule has 2 unspecified atom stereocenters. The molecule has 1 aromatic carbocycles. The molecule has 1 saturated carbocycles. The highest BCUT2D eigenvalue weighted by Gasteiger charge is 2.37. The number of ether oxygens (including phenoxy) is 1. The van der Waals surface area contributed by atoms with Gasteiger partial charge in [0.25, 0.3) is 0 Å². The smallest absolute Gasteiger partial charge is 0.120 e. The summed E-state index contributed by atoms with van der Waals surface area (Å²) < 4.78 is 5.22. The van der Waals surface area contributed by atoms with Gasteiger partial charge in [-0.05, 0) is 41.9 Å². The van der Waals surface area contributed by atoms with Gasteiger partial charge in [0, 0.05) is 9.85 Å². The lowest BCUT2D eigenvalue weighted by Crippen LogP contribution is -2.30. The third-order valence-electron chi connectivity index (χ3n) is 4.45. The average molecular weight is 346 g/mol. The molecule has 0 radical (unpaired) electrons. The van der Waals surface area contributed by atoms with E-state index in [9.17, 15) is 0 Å². The molecule has 3 heteroatoms. The van der Waals surface area contributed by atoms with Crippen LogP contribution in [0.4, 0.5) is 0 Å². The third kappa shape index (κ3) is 3.28. The first-order valence-electron chi connectivity index (χ1n) is 6.93. The second-order valence-electron chi connectivity index (χ2n) is 6.13. The molecule has 106 valence electrons. The number of hydrogen-bond acceptors (Lipinski definition) is 1. The topological polar surface area (TPSA) is 9.23 Å². The average Bonchev–Trinajstić information content (AvgIpc) is 2.37. The molecular weight excluding hydrogens is 324 g/mol. The summed E-state index contributed by atoms with van der Waals surface area (Å²) in [6.45, 7) is 4.75. The van der Waals surface area contributed by atoms with Crippen LogP contribution in [-0.4, -0.2) is 7.11 Å². The Morgan fingerprint density at radius 3 is 2.68 bits per heavy atom. The molecule has 2 atom stereocenters. The molecule has 0 aromatic heterocycles. The highest BCUT2D eigenvalue weighted by molar-refractivity contribution is 9.09. The monoisotopic (exact) mass is 344 g/mol. The molecule has 2 rings (SSSR count). The van der Waals surface area contributed by atoms with E-state index in [4.69, 9.17) is 16.3 Å². The van der Waals surface area contributed by atoms with Gasteiger partial charge in [0.15, 0.2) is 0 Å². The van der Waals surface area contributed by atoms with E-state index in [2.05, 4.69) is 35.8 Å². The van der Waals surface area contributed by atoms with Crippen molar-refractivity contribution in [2.24, 2.45) is 11.3 Å². The largest absolute Gasteiger partial charge is 0.497 e. The van der Waals surface area contributed by atoms with E-state index in [1.54, 1.807) is 7.11 Å². The minimum atomic E-state index is 0.321. The molecular formula is C16H22BrClO. The standard InChI is InChI=1S/C16H22BrClO/c1-16(2)9-5-4-6-13(16)15(17)12-8-7-11(19-3)10-14(12)18/h7-8,10,13,15H,4-6,9H2,1-3H3. The Kier molecular flexibility index (Phi) is 4.84. The molecule has 0 heterocycles. The van der Waals surface area contributed by atoms with Gasteiger partial charge < -0.3 is 4.74 Å². The lowest BCUT2D eigenvalue weighted by molar-refractivity contribution is 0.136. The van der Waals surface area contributed by atoms with Crippen molar-refractivity contribution in [1.29, 1.82) is 0 Å². The molecule has 0 aliphatic heterocycles. The van der Waals surface area contributed by atoms with Crippen molar-refractivity contribution in [1.82, 2.24) is 0 Å². The minimum Gasteiger partial charge on any atom is -0.497 e. The third-order valence-corrected chi connectivity index (χ3v) is 5.91. The number of rotatable bonds is 3. The fourth-order valence-corrected chi connectivity index (χ4v) is 4.94. The van der Waals surface area contributed by atoms with Gasteiger partial charge in [0.05, 0.1) is 7.11 Å². The summed E-state index contributed by atoms with van der Waals surface area (Å²) in [5.74, 6) is 1.45. The van der Waals surface area contributed by atoms with Crippen molar-refractivity contribution in [3.8, 4) is 5.75 Å².